The van der Waals surface area contributed by atoms with Gasteiger partial charge < -0.3 is 5.11 Å². The summed E-state index contributed by atoms with van der Waals surface area (Å²) in [7, 11) is 0. The molecule has 0 amide bonds. The second-order valence-electron chi connectivity index (χ2n) is 4.27. The lowest BCUT2D eigenvalue weighted by atomic mass is 10.1. The SMILES string of the molecule is O=C(O)c1nnn(CCCC(F)(F)F)c1-c1ccncc1. The average molecular weight is 300 g/mol. The molecule has 6 nitrogen and oxygen atoms in total. The smallest absolute Gasteiger partial charge is 0.389 e. The van der Waals surface area contributed by atoms with Crippen LogP contribution in [0.3, 0.4) is 0 Å². The summed E-state index contributed by atoms with van der Waals surface area (Å²) >= 11 is 0. The van der Waals surface area contributed by atoms with Crippen LogP contribution in [0.2, 0.25) is 0 Å². The van der Waals surface area contributed by atoms with E-state index in [1.807, 2.05) is 0 Å². The first-order valence-electron chi connectivity index (χ1n) is 6.02. The predicted octanol–water partition coefficient (Wildman–Crippen LogP) is 2.38. The minimum atomic E-state index is -4.26. The third-order valence-electron chi connectivity index (χ3n) is 2.72. The van der Waals surface area contributed by atoms with Gasteiger partial charge in [-0.05, 0) is 18.6 Å². The quantitative estimate of drug-likeness (QED) is 0.917. The van der Waals surface area contributed by atoms with E-state index in [1.165, 1.54) is 17.1 Å². The van der Waals surface area contributed by atoms with Crippen molar-refractivity contribution < 1.29 is 23.1 Å². The number of hydrogen-bond acceptors (Lipinski definition) is 4. The Balaban J connectivity index is 2.28. The zero-order valence-electron chi connectivity index (χ0n) is 10.7. The number of carbonyl (C=O) groups is 1. The molecule has 2 aromatic heterocycles. The van der Waals surface area contributed by atoms with E-state index in [0.717, 1.165) is 0 Å². The second kappa shape index (κ2) is 5.90. The Morgan fingerprint density at radius 3 is 2.52 bits per heavy atom. The largest absolute Gasteiger partial charge is 0.476 e. The molecule has 0 saturated carbocycles. The molecule has 0 bridgehead atoms. The van der Waals surface area contributed by atoms with E-state index in [-0.39, 0.29) is 24.4 Å². The Morgan fingerprint density at radius 1 is 1.29 bits per heavy atom. The molecule has 0 unspecified atom stereocenters. The molecule has 1 N–H and O–H groups in total. The van der Waals surface area contributed by atoms with Gasteiger partial charge in [0.2, 0.25) is 0 Å². The molecule has 2 rings (SSSR count). The lowest BCUT2D eigenvalue weighted by molar-refractivity contribution is -0.136. The Kier molecular flexibility index (Phi) is 4.20. The predicted molar refractivity (Wildman–Crippen MR) is 65.5 cm³/mol. The van der Waals surface area contributed by atoms with Crippen molar-refractivity contribution in [1.82, 2.24) is 20.0 Å². The number of aryl methyl sites for hydroxylation is 1. The van der Waals surface area contributed by atoms with Crippen molar-refractivity contribution >= 4 is 5.97 Å². The molecular weight excluding hydrogens is 289 g/mol. The Hall–Kier alpha value is -2.45. The highest BCUT2D eigenvalue weighted by Crippen LogP contribution is 2.25. The number of alkyl halides is 3. The van der Waals surface area contributed by atoms with Gasteiger partial charge in [0, 0.05) is 30.9 Å². The maximum absolute atomic E-state index is 12.2. The van der Waals surface area contributed by atoms with E-state index in [1.54, 1.807) is 12.1 Å². The first-order valence-corrected chi connectivity index (χ1v) is 6.02. The Labute approximate surface area is 117 Å². The summed E-state index contributed by atoms with van der Waals surface area (Å²) in [5, 5.41) is 16.2. The van der Waals surface area contributed by atoms with Crippen LogP contribution in [0, 0.1) is 0 Å². The Bertz CT molecular complexity index is 625. The molecule has 112 valence electrons. The van der Waals surface area contributed by atoms with Gasteiger partial charge in [-0.25, -0.2) is 9.48 Å². The first kappa shape index (κ1) is 14.9. The van der Waals surface area contributed by atoms with Crippen LogP contribution < -0.4 is 0 Å². The number of carboxylic acids is 1. The van der Waals surface area contributed by atoms with Crippen molar-refractivity contribution in [2.45, 2.75) is 25.6 Å². The number of hydrogen-bond donors (Lipinski definition) is 1. The van der Waals surface area contributed by atoms with Crippen LogP contribution in [0.25, 0.3) is 11.3 Å². The van der Waals surface area contributed by atoms with Crippen LogP contribution in [0.1, 0.15) is 23.3 Å². The number of halogens is 3. The van der Waals surface area contributed by atoms with E-state index in [9.17, 15) is 18.0 Å². The molecule has 0 aliphatic carbocycles. The van der Waals surface area contributed by atoms with E-state index in [0.29, 0.717) is 5.56 Å². The van der Waals surface area contributed by atoms with Crippen molar-refractivity contribution in [3.05, 3.63) is 30.2 Å². The van der Waals surface area contributed by atoms with Gasteiger partial charge in [-0.2, -0.15) is 13.2 Å². The van der Waals surface area contributed by atoms with Gasteiger partial charge in [0.15, 0.2) is 5.69 Å². The number of aromatic carboxylic acids is 1. The number of nitrogens with zero attached hydrogens (tertiary/aromatic N) is 4. The summed E-state index contributed by atoms with van der Waals surface area (Å²) in [6, 6.07) is 3.09. The third-order valence-corrected chi connectivity index (χ3v) is 2.72. The molecule has 0 aliphatic heterocycles. The summed E-state index contributed by atoms with van der Waals surface area (Å²) in [5.74, 6) is -1.29. The molecule has 0 aromatic carbocycles. The topological polar surface area (TPSA) is 80.9 Å². The van der Waals surface area contributed by atoms with Crippen molar-refractivity contribution in [3.8, 4) is 11.3 Å². The van der Waals surface area contributed by atoms with Gasteiger partial charge in [-0.15, -0.1) is 5.10 Å². The van der Waals surface area contributed by atoms with Crippen LogP contribution >= 0.6 is 0 Å². The van der Waals surface area contributed by atoms with Crippen molar-refractivity contribution in [1.29, 1.82) is 0 Å². The maximum Gasteiger partial charge on any atom is 0.389 e. The average Bonchev–Trinajstić information content (AvgIpc) is 2.82. The first-order chi connectivity index (χ1) is 9.88. The molecule has 0 fully saturated rings. The molecule has 0 saturated heterocycles. The van der Waals surface area contributed by atoms with E-state index in [4.69, 9.17) is 5.11 Å². The maximum atomic E-state index is 12.2. The van der Waals surface area contributed by atoms with Crippen molar-refractivity contribution in [2.75, 3.05) is 0 Å². The van der Waals surface area contributed by atoms with Gasteiger partial charge >= 0.3 is 12.1 Å². The normalized spacial score (nSPS) is 11.6. The van der Waals surface area contributed by atoms with Crippen molar-refractivity contribution in [3.63, 3.8) is 0 Å². The van der Waals surface area contributed by atoms with Crippen LogP contribution in [-0.4, -0.2) is 37.2 Å². The van der Waals surface area contributed by atoms with E-state index >= 15 is 0 Å². The third kappa shape index (κ3) is 3.77. The molecule has 0 atom stereocenters. The second-order valence-corrected chi connectivity index (χ2v) is 4.27. The summed E-state index contributed by atoms with van der Waals surface area (Å²) in [5.41, 5.74) is 0.361. The summed E-state index contributed by atoms with van der Waals surface area (Å²) in [4.78, 5) is 14.9. The lowest BCUT2D eigenvalue weighted by Gasteiger charge is -2.08. The van der Waals surface area contributed by atoms with Gasteiger partial charge in [0.05, 0.1) is 0 Å². The van der Waals surface area contributed by atoms with Crippen LogP contribution in [0.15, 0.2) is 24.5 Å². The minimum absolute atomic E-state index is 0.0720. The molecule has 0 radical (unpaired) electrons. The molecule has 21 heavy (non-hydrogen) atoms. The fourth-order valence-electron chi connectivity index (χ4n) is 1.84. The highest BCUT2D eigenvalue weighted by Gasteiger charge is 2.27. The van der Waals surface area contributed by atoms with Gasteiger partial charge in [0.1, 0.15) is 5.69 Å². The van der Waals surface area contributed by atoms with Crippen LogP contribution in [-0.2, 0) is 6.54 Å². The minimum Gasteiger partial charge on any atom is -0.476 e. The number of rotatable bonds is 5. The highest BCUT2D eigenvalue weighted by atomic mass is 19.4. The fraction of sp³-hybridized carbons (Fsp3) is 0.333. The Morgan fingerprint density at radius 2 is 1.95 bits per heavy atom. The van der Waals surface area contributed by atoms with Crippen LogP contribution in [0.4, 0.5) is 13.2 Å². The van der Waals surface area contributed by atoms with Gasteiger partial charge in [-0.1, -0.05) is 5.21 Å². The standard InChI is InChI=1S/C12H11F3N4O2/c13-12(14,15)4-1-7-19-10(8-2-5-16-6-3-8)9(11(20)21)17-18-19/h2-3,5-6H,1,4,7H2,(H,20,21). The fourth-order valence-corrected chi connectivity index (χ4v) is 1.84. The summed E-state index contributed by atoms with van der Waals surface area (Å²) in [6.07, 6.45) is -2.52. The summed E-state index contributed by atoms with van der Waals surface area (Å²) in [6.45, 7) is -0.0720. The van der Waals surface area contributed by atoms with Gasteiger partial charge in [0.25, 0.3) is 0 Å². The van der Waals surface area contributed by atoms with Gasteiger partial charge in [-0.3, -0.25) is 4.98 Å². The molecular formula is C12H11F3N4O2. The number of aromatic nitrogens is 4. The van der Waals surface area contributed by atoms with Crippen LogP contribution in [0.5, 0.6) is 0 Å². The zero-order valence-corrected chi connectivity index (χ0v) is 10.7. The summed E-state index contributed by atoms with van der Waals surface area (Å²) < 4.78 is 37.7. The van der Waals surface area contributed by atoms with E-state index in [2.05, 4.69) is 15.3 Å². The molecule has 0 spiro atoms. The number of carboxylic acid groups (broad SMARTS) is 1. The van der Waals surface area contributed by atoms with E-state index < -0.39 is 18.6 Å². The monoisotopic (exact) mass is 300 g/mol. The van der Waals surface area contributed by atoms with Crippen molar-refractivity contribution in [2.24, 2.45) is 0 Å². The highest BCUT2D eigenvalue weighted by molar-refractivity contribution is 5.92. The molecule has 2 heterocycles. The molecule has 2 aromatic rings. The lowest BCUT2D eigenvalue weighted by Crippen LogP contribution is -2.11. The molecule has 0 aliphatic rings. The number of pyridine rings is 1. The molecule has 9 heteroatoms. The zero-order chi connectivity index (χ0) is 15.5.